The highest BCUT2D eigenvalue weighted by atomic mass is 32.2. The summed E-state index contributed by atoms with van der Waals surface area (Å²) in [5, 5.41) is 3.23. The fraction of sp³-hybridized carbons (Fsp3) is 0.462. The molecule has 20 heavy (non-hydrogen) atoms. The first-order valence-corrected chi connectivity index (χ1v) is 8.13. The van der Waals surface area contributed by atoms with Crippen molar-refractivity contribution < 1.29 is 8.42 Å². The fourth-order valence-electron chi connectivity index (χ4n) is 2.09. The van der Waals surface area contributed by atoms with Crippen LogP contribution in [-0.4, -0.2) is 42.2 Å². The highest BCUT2D eigenvalue weighted by Gasteiger charge is 2.28. The molecule has 0 saturated carbocycles. The van der Waals surface area contributed by atoms with Crippen molar-refractivity contribution in [2.24, 2.45) is 0 Å². The van der Waals surface area contributed by atoms with Crippen LogP contribution in [-0.2, 0) is 10.0 Å². The van der Waals surface area contributed by atoms with Crippen LogP contribution in [0.25, 0.3) is 5.65 Å². The molecule has 0 aliphatic rings. The molecule has 0 amide bonds. The van der Waals surface area contributed by atoms with E-state index in [4.69, 9.17) is 0 Å². The van der Waals surface area contributed by atoms with E-state index >= 15 is 0 Å². The van der Waals surface area contributed by atoms with Crippen LogP contribution < -0.4 is 5.32 Å². The monoisotopic (exact) mass is 296 g/mol. The second-order valence-electron chi connectivity index (χ2n) is 4.55. The minimum Gasteiger partial charge on any atom is -0.368 e. The van der Waals surface area contributed by atoms with Crippen molar-refractivity contribution in [3.63, 3.8) is 0 Å². The maximum Gasteiger partial charge on any atom is 0.262 e. The molecule has 0 bridgehead atoms. The third-order valence-electron chi connectivity index (χ3n) is 3.02. The first-order valence-electron chi connectivity index (χ1n) is 6.69. The summed E-state index contributed by atoms with van der Waals surface area (Å²) in [5.41, 5.74) is 0.618. The Balaban J connectivity index is 2.64. The van der Waals surface area contributed by atoms with Crippen LogP contribution in [0.2, 0.25) is 0 Å². The Morgan fingerprint density at radius 2 is 2.10 bits per heavy atom. The lowest BCUT2D eigenvalue weighted by molar-refractivity contribution is 0.465. The standard InChI is InChI=1S/C13H20N4O2S/c1-4-9-16(3)20(18,19)13-12(14-5-2)15-11-8-6-7-10-17(11)13/h6-8,10,14H,4-5,9H2,1-3H3. The normalized spacial score (nSPS) is 12.2. The molecule has 2 heterocycles. The Morgan fingerprint density at radius 3 is 2.75 bits per heavy atom. The third-order valence-corrected chi connectivity index (χ3v) is 4.91. The van der Waals surface area contributed by atoms with Crippen LogP contribution in [0.3, 0.4) is 0 Å². The molecule has 110 valence electrons. The molecule has 2 rings (SSSR count). The zero-order chi connectivity index (χ0) is 14.8. The zero-order valence-corrected chi connectivity index (χ0v) is 12.8. The molecule has 0 aromatic carbocycles. The number of sulfonamides is 1. The molecule has 0 unspecified atom stereocenters. The second kappa shape index (κ2) is 5.80. The van der Waals surface area contributed by atoms with Gasteiger partial charge in [0.15, 0.2) is 10.8 Å². The number of pyridine rings is 1. The fourth-order valence-corrected chi connectivity index (χ4v) is 3.57. The van der Waals surface area contributed by atoms with E-state index in [2.05, 4.69) is 10.3 Å². The van der Waals surface area contributed by atoms with E-state index in [1.807, 2.05) is 19.9 Å². The largest absolute Gasteiger partial charge is 0.368 e. The topological polar surface area (TPSA) is 66.7 Å². The maximum absolute atomic E-state index is 12.7. The van der Waals surface area contributed by atoms with Gasteiger partial charge in [-0.3, -0.25) is 4.40 Å². The van der Waals surface area contributed by atoms with E-state index in [-0.39, 0.29) is 5.03 Å². The summed E-state index contributed by atoms with van der Waals surface area (Å²) in [7, 11) is -1.97. The molecule has 2 aromatic rings. The minimum absolute atomic E-state index is 0.200. The van der Waals surface area contributed by atoms with Gasteiger partial charge in [0.1, 0.15) is 5.65 Å². The van der Waals surface area contributed by atoms with Gasteiger partial charge in [0.2, 0.25) is 0 Å². The van der Waals surface area contributed by atoms with Crippen LogP contribution in [0.5, 0.6) is 0 Å². The number of nitrogens with zero attached hydrogens (tertiary/aromatic N) is 3. The molecule has 1 N–H and O–H groups in total. The first-order chi connectivity index (χ1) is 9.52. The number of imidazole rings is 1. The summed E-state index contributed by atoms with van der Waals surface area (Å²) >= 11 is 0. The number of rotatable bonds is 6. The molecule has 0 aliphatic carbocycles. The molecule has 0 spiro atoms. The van der Waals surface area contributed by atoms with Crippen molar-refractivity contribution in [1.29, 1.82) is 0 Å². The van der Waals surface area contributed by atoms with Crippen LogP contribution in [0.4, 0.5) is 5.82 Å². The van der Waals surface area contributed by atoms with E-state index in [0.29, 0.717) is 24.6 Å². The Morgan fingerprint density at radius 1 is 1.35 bits per heavy atom. The Kier molecular flexibility index (Phi) is 4.29. The van der Waals surface area contributed by atoms with Crippen molar-refractivity contribution >= 4 is 21.5 Å². The molecule has 0 aliphatic heterocycles. The quantitative estimate of drug-likeness (QED) is 0.882. The molecule has 0 radical (unpaired) electrons. The number of hydrogen-bond acceptors (Lipinski definition) is 4. The van der Waals surface area contributed by atoms with E-state index in [0.717, 1.165) is 6.42 Å². The summed E-state index contributed by atoms with van der Waals surface area (Å²) in [5.74, 6) is 0.404. The van der Waals surface area contributed by atoms with Gasteiger partial charge in [-0.25, -0.2) is 13.4 Å². The van der Waals surface area contributed by atoms with E-state index in [1.54, 1.807) is 29.8 Å². The lowest BCUT2D eigenvalue weighted by Gasteiger charge is -2.16. The van der Waals surface area contributed by atoms with E-state index in [1.165, 1.54) is 4.31 Å². The molecular weight excluding hydrogens is 276 g/mol. The van der Waals surface area contributed by atoms with Gasteiger partial charge in [-0.05, 0) is 25.5 Å². The van der Waals surface area contributed by atoms with Crippen LogP contribution in [0, 0.1) is 0 Å². The number of nitrogens with one attached hydrogen (secondary N) is 1. The number of anilines is 1. The highest BCUT2D eigenvalue weighted by molar-refractivity contribution is 7.89. The van der Waals surface area contributed by atoms with Crippen molar-refractivity contribution in [2.45, 2.75) is 25.3 Å². The predicted octanol–water partition coefficient (Wildman–Crippen LogP) is 1.80. The summed E-state index contributed by atoms with van der Waals surface area (Å²) in [4.78, 5) is 4.36. The van der Waals surface area contributed by atoms with Gasteiger partial charge in [-0.15, -0.1) is 0 Å². The lowest BCUT2D eigenvalue weighted by Crippen LogP contribution is -2.29. The van der Waals surface area contributed by atoms with Gasteiger partial charge < -0.3 is 5.32 Å². The number of aromatic nitrogens is 2. The smallest absolute Gasteiger partial charge is 0.262 e. The van der Waals surface area contributed by atoms with Gasteiger partial charge in [0.25, 0.3) is 10.0 Å². The average molecular weight is 296 g/mol. The zero-order valence-electron chi connectivity index (χ0n) is 12.0. The molecule has 0 saturated heterocycles. The average Bonchev–Trinajstić information content (AvgIpc) is 2.78. The number of hydrogen-bond donors (Lipinski definition) is 1. The molecule has 0 fully saturated rings. The predicted molar refractivity (Wildman–Crippen MR) is 79.5 cm³/mol. The Hall–Kier alpha value is -1.60. The first kappa shape index (κ1) is 14.8. The molecular formula is C13H20N4O2S. The van der Waals surface area contributed by atoms with Crippen LogP contribution >= 0.6 is 0 Å². The van der Waals surface area contributed by atoms with Gasteiger partial charge >= 0.3 is 0 Å². The summed E-state index contributed by atoms with van der Waals surface area (Å²) in [6.45, 7) is 4.96. The lowest BCUT2D eigenvalue weighted by atomic mass is 10.5. The van der Waals surface area contributed by atoms with E-state index in [9.17, 15) is 8.42 Å². The Bertz CT molecular complexity index is 693. The summed E-state index contributed by atoms with van der Waals surface area (Å²) in [6.07, 6.45) is 2.48. The highest BCUT2D eigenvalue weighted by Crippen LogP contribution is 2.25. The third kappa shape index (κ3) is 2.51. The van der Waals surface area contributed by atoms with Crippen LogP contribution in [0.1, 0.15) is 20.3 Å². The Labute approximate surface area is 119 Å². The van der Waals surface area contributed by atoms with Crippen molar-refractivity contribution in [1.82, 2.24) is 13.7 Å². The van der Waals surface area contributed by atoms with Gasteiger partial charge in [-0.2, -0.15) is 4.31 Å². The molecule has 6 nitrogen and oxygen atoms in total. The van der Waals surface area contributed by atoms with Gasteiger partial charge in [0, 0.05) is 26.3 Å². The molecule has 2 aromatic heterocycles. The number of fused-ring (bicyclic) bond motifs is 1. The van der Waals surface area contributed by atoms with Crippen molar-refractivity contribution in [3.05, 3.63) is 24.4 Å². The molecule has 0 atom stereocenters. The second-order valence-corrected chi connectivity index (χ2v) is 6.51. The summed E-state index contributed by atoms with van der Waals surface area (Å²) in [6, 6.07) is 5.42. The van der Waals surface area contributed by atoms with E-state index < -0.39 is 10.0 Å². The molecule has 7 heteroatoms. The minimum atomic E-state index is -3.57. The van der Waals surface area contributed by atoms with Gasteiger partial charge in [-0.1, -0.05) is 13.0 Å². The summed E-state index contributed by atoms with van der Waals surface area (Å²) < 4.78 is 28.4. The van der Waals surface area contributed by atoms with Crippen molar-refractivity contribution in [3.8, 4) is 0 Å². The SMILES string of the molecule is CCCN(C)S(=O)(=O)c1c(NCC)nc2ccccn12. The van der Waals surface area contributed by atoms with Crippen molar-refractivity contribution in [2.75, 3.05) is 25.5 Å². The maximum atomic E-state index is 12.7. The van der Waals surface area contributed by atoms with Gasteiger partial charge in [0.05, 0.1) is 0 Å². The van der Waals surface area contributed by atoms with Crippen LogP contribution in [0.15, 0.2) is 29.4 Å².